The SMILES string of the molecule is Cc1nc(-c2ccc(NC(=O)/C=C/c3coc4ccccc4c3=O)cc2)cs1. The van der Waals surface area contributed by atoms with Gasteiger partial charge in [0.1, 0.15) is 11.8 Å². The van der Waals surface area contributed by atoms with Crippen molar-refractivity contribution >= 4 is 40.0 Å². The highest BCUT2D eigenvalue weighted by Gasteiger charge is 2.06. The topological polar surface area (TPSA) is 72.2 Å². The quantitative estimate of drug-likeness (QED) is 0.506. The standard InChI is InChI=1S/C22H16N2O3S/c1-14-23-19(13-28-14)15-6-9-17(10-7-15)24-21(25)11-8-16-12-27-20-5-3-2-4-18(20)22(16)26/h2-13H,1H3,(H,24,25)/b11-8+. The van der Waals surface area contributed by atoms with E-state index in [1.807, 2.05) is 36.6 Å². The number of hydrogen-bond acceptors (Lipinski definition) is 5. The second-order valence-corrected chi connectivity index (χ2v) is 7.23. The number of nitrogens with one attached hydrogen (secondary N) is 1. The van der Waals surface area contributed by atoms with Crippen LogP contribution in [0.25, 0.3) is 28.3 Å². The van der Waals surface area contributed by atoms with Gasteiger partial charge >= 0.3 is 0 Å². The first-order valence-corrected chi connectivity index (χ1v) is 9.50. The summed E-state index contributed by atoms with van der Waals surface area (Å²) in [6, 6.07) is 14.5. The van der Waals surface area contributed by atoms with Crippen LogP contribution in [0.4, 0.5) is 5.69 Å². The summed E-state index contributed by atoms with van der Waals surface area (Å²) >= 11 is 1.60. The van der Waals surface area contributed by atoms with Crippen LogP contribution in [-0.4, -0.2) is 10.9 Å². The van der Waals surface area contributed by atoms with Crippen LogP contribution in [0.5, 0.6) is 0 Å². The van der Waals surface area contributed by atoms with Crippen molar-refractivity contribution in [2.75, 3.05) is 5.32 Å². The van der Waals surface area contributed by atoms with Gasteiger partial charge in [-0.05, 0) is 37.3 Å². The molecule has 6 heteroatoms. The molecule has 0 saturated heterocycles. The monoisotopic (exact) mass is 388 g/mol. The number of carbonyl (C=O) groups is 1. The van der Waals surface area contributed by atoms with Crippen molar-refractivity contribution in [1.29, 1.82) is 0 Å². The van der Waals surface area contributed by atoms with Gasteiger partial charge in [0.15, 0.2) is 5.43 Å². The summed E-state index contributed by atoms with van der Waals surface area (Å²) in [5.74, 6) is -0.329. The molecule has 2 aromatic carbocycles. The Morgan fingerprint density at radius 1 is 1.14 bits per heavy atom. The molecule has 28 heavy (non-hydrogen) atoms. The summed E-state index contributed by atoms with van der Waals surface area (Å²) in [4.78, 5) is 29.0. The van der Waals surface area contributed by atoms with Crippen molar-refractivity contribution in [2.45, 2.75) is 6.92 Å². The van der Waals surface area contributed by atoms with E-state index >= 15 is 0 Å². The predicted molar refractivity (Wildman–Crippen MR) is 112 cm³/mol. The molecule has 0 aliphatic rings. The zero-order chi connectivity index (χ0) is 19.5. The van der Waals surface area contributed by atoms with E-state index in [1.54, 1.807) is 35.6 Å². The van der Waals surface area contributed by atoms with Gasteiger partial charge in [-0.25, -0.2) is 4.98 Å². The Morgan fingerprint density at radius 3 is 2.68 bits per heavy atom. The Hall–Kier alpha value is -3.51. The summed E-state index contributed by atoms with van der Waals surface area (Å²) in [7, 11) is 0. The molecular weight excluding hydrogens is 372 g/mol. The van der Waals surface area contributed by atoms with E-state index < -0.39 is 0 Å². The van der Waals surface area contributed by atoms with Gasteiger partial charge in [-0.2, -0.15) is 0 Å². The second kappa shape index (κ2) is 7.62. The third-order valence-electron chi connectivity index (χ3n) is 4.19. The number of aryl methyl sites for hydroxylation is 1. The largest absolute Gasteiger partial charge is 0.463 e. The minimum atomic E-state index is -0.329. The fourth-order valence-electron chi connectivity index (χ4n) is 2.78. The molecule has 4 rings (SSSR count). The fourth-order valence-corrected chi connectivity index (χ4v) is 3.40. The normalized spacial score (nSPS) is 11.2. The van der Waals surface area contributed by atoms with Crippen LogP contribution < -0.4 is 10.7 Å². The number of hydrogen-bond donors (Lipinski definition) is 1. The molecule has 0 saturated carbocycles. The van der Waals surface area contributed by atoms with Crippen molar-refractivity contribution in [1.82, 2.24) is 4.98 Å². The zero-order valence-corrected chi connectivity index (χ0v) is 15.8. The lowest BCUT2D eigenvalue weighted by molar-refractivity contribution is -0.111. The number of aromatic nitrogens is 1. The lowest BCUT2D eigenvalue weighted by Gasteiger charge is -2.03. The first kappa shape index (κ1) is 17.9. The van der Waals surface area contributed by atoms with Crippen molar-refractivity contribution in [3.63, 3.8) is 0 Å². The first-order chi connectivity index (χ1) is 13.6. The molecule has 138 valence electrons. The van der Waals surface area contributed by atoms with Crippen LogP contribution in [0.15, 0.2) is 75.5 Å². The Labute approximate surface area is 165 Å². The van der Waals surface area contributed by atoms with Gasteiger partial charge in [0.2, 0.25) is 5.91 Å². The zero-order valence-electron chi connectivity index (χ0n) is 15.0. The van der Waals surface area contributed by atoms with E-state index in [0.29, 0.717) is 22.2 Å². The number of fused-ring (bicyclic) bond motifs is 1. The van der Waals surface area contributed by atoms with Crippen molar-refractivity contribution in [2.24, 2.45) is 0 Å². The molecule has 1 N–H and O–H groups in total. The third kappa shape index (κ3) is 3.77. The van der Waals surface area contributed by atoms with Gasteiger partial charge in [-0.1, -0.05) is 24.3 Å². The molecule has 0 bridgehead atoms. The minimum absolute atomic E-state index is 0.172. The van der Waals surface area contributed by atoms with E-state index in [-0.39, 0.29) is 11.3 Å². The van der Waals surface area contributed by atoms with Crippen LogP contribution in [0.2, 0.25) is 0 Å². The molecule has 0 aliphatic heterocycles. The molecule has 1 amide bonds. The van der Waals surface area contributed by atoms with Gasteiger partial charge in [0, 0.05) is 22.7 Å². The number of carbonyl (C=O) groups excluding carboxylic acids is 1. The van der Waals surface area contributed by atoms with Gasteiger partial charge in [-0.15, -0.1) is 11.3 Å². The van der Waals surface area contributed by atoms with Crippen molar-refractivity contribution in [3.05, 3.63) is 87.0 Å². The van der Waals surface area contributed by atoms with E-state index in [4.69, 9.17) is 4.42 Å². The van der Waals surface area contributed by atoms with E-state index in [1.165, 1.54) is 18.4 Å². The Morgan fingerprint density at radius 2 is 1.93 bits per heavy atom. The minimum Gasteiger partial charge on any atom is -0.463 e. The Bertz CT molecular complexity index is 1240. The number of rotatable bonds is 4. The van der Waals surface area contributed by atoms with E-state index in [0.717, 1.165) is 16.3 Å². The average Bonchev–Trinajstić information content (AvgIpc) is 3.14. The molecule has 2 heterocycles. The molecule has 2 aromatic heterocycles. The molecular formula is C22H16N2O3S. The summed E-state index contributed by atoms with van der Waals surface area (Å²) in [6.45, 7) is 1.96. The highest BCUT2D eigenvalue weighted by Crippen LogP contribution is 2.23. The highest BCUT2D eigenvalue weighted by molar-refractivity contribution is 7.09. The summed E-state index contributed by atoms with van der Waals surface area (Å²) in [5, 5.41) is 6.27. The number of anilines is 1. The van der Waals surface area contributed by atoms with Crippen molar-refractivity contribution in [3.8, 4) is 11.3 Å². The first-order valence-electron chi connectivity index (χ1n) is 8.62. The van der Waals surface area contributed by atoms with Crippen LogP contribution in [0.1, 0.15) is 10.6 Å². The Kier molecular flexibility index (Phi) is 4.87. The number of benzene rings is 2. The molecule has 0 atom stereocenters. The lowest BCUT2D eigenvalue weighted by Crippen LogP contribution is -2.09. The molecule has 0 radical (unpaired) electrons. The second-order valence-electron chi connectivity index (χ2n) is 6.17. The number of para-hydroxylation sites is 1. The maximum Gasteiger partial charge on any atom is 0.248 e. The van der Waals surface area contributed by atoms with E-state index in [9.17, 15) is 9.59 Å². The smallest absolute Gasteiger partial charge is 0.248 e. The maximum atomic E-state index is 12.4. The number of thiazole rings is 1. The lowest BCUT2D eigenvalue weighted by atomic mass is 10.1. The molecule has 0 spiro atoms. The average molecular weight is 388 g/mol. The molecule has 0 fully saturated rings. The maximum absolute atomic E-state index is 12.4. The third-order valence-corrected chi connectivity index (χ3v) is 4.96. The summed E-state index contributed by atoms with van der Waals surface area (Å²) in [6.07, 6.45) is 4.14. The van der Waals surface area contributed by atoms with Gasteiger partial charge in [-0.3, -0.25) is 9.59 Å². The van der Waals surface area contributed by atoms with Crippen molar-refractivity contribution < 1.29 is 9.21 Å². The number of nitrogens with zero attached hydrogens (tertiary/aromatic N) is 1. The highest BCUT2D eigenvalue weighted by atomic mass is 32.1. The molecule has 4 aromatic rings. The van der Waals surface area contributed by atoms with Crippen LogP contribution in [0, 0.1) is 6.92 Å². The van der Waals surface area contributed by atoms with Gasteiger partial charge < -0.3 is 9.73 Å². The molecule has 0 unspecified atom stereocenters. The predicted octanol–water partition coefficient (Wildman–Crippen LogP) is 4.88. The van der Waals surface area contributed by atoms with Gasteiger partial charge in [0.25, 0.3) is 0 Å². The van der Waals surface area contributed by atoms with Crippen LogP contribution in [-0.2, 0) is 4.79 Å². The molecule has 0 aliphatic carbocycles. The van der Waals surface area contributed by atoms with Gasteiger partial charge in [0.05, 0.1) is 21.7 Å². The molecule has 5 nitrogen and oxygen atoms in total. The fraction of sp³-hybridized carbons (Fsp3) is 0.0455. The number of amides is 1. The van der Waals surface area contributed by atoms with Crippen LogP contribution in [0.3, 0.4) is 0 Å². The summed E-state index contributed by atoms with van der Waals surface area (Å²) < 4.78 is 5.44. The van der Waals surface area contributed by atoms with E-state index in [2.05, 4.69) is 10.3 Å². The van der Waals surface area contributed by atoms with Crippen LogP contribution >= 0.6 is 11.3 Å². The summed E-state index contributed by atoms with van der Waals surface area (Å²) in [5.41, 5.74) is 3.24. The Balaban J connectivity index is 1.47.